The topological polar surface area (TPSA) is 96.8 Å². The van der Waals surface area contributed by atoms with E-state index in [-0.39, 0.29) is 18.3 Å². The van der Waals surface area contributed by atoms with Crippen molar-refractivity contribution in [2.75, 3.05) is 30.8 Å². The highest BCUT2D eigenvalue weighted by Gasteiger charge is 2.16. The van der Waals surface area contributed by atoms with Crippen molar-refractivity contribution in [2.24, 2.45) is 7.05 Å². The van der Waals surface area contributed by atoms with Crippen molar-refractivity contribution in [2.45, 2.75) is 0 Å². The summed E-state index contributed by atoms with van der Waals surface area (Å²) >= 11 is 1.45. The Kier molecular flexibility index (Phi) is 6.08. The fourth-order valence-electron chi connectivity index (χ4n) is 2.82. The number of nitrogens with zero attached hydrogens (tertiary/aromatic N) is 4. The SMILES string of the molecule is CNCCNc1ncc2scc(C(=O)Nc3cccc4c3ncn4C)c2n1.Cl. The number of para-hydroxylation sites is 1. The largest absolute Gasteiger partial charge is 0.353 e. The lowest BCUT2D eigenvalue weighted by atomic mass is 10.2. The van der Waals surface area contributed by atoms with Gasteiger partial charge in [-0.3, -0.25) is 4.79 Å². The second-order valence-corrected chi connectivity index (χ2v) is 6.98. The molecule has 8 nitrogen and oxygen atoms in total. The van der Waals surface area contributed by atoms with Crippen LogP contribution in [0.2, 0.25) is 0 Å². The van der Waals surface area contributed by atoms with Gasteiger partial charge in [0, 0.05) is 25.5 Å². The van der Waals surface area contributed by atoms with Gasteiger partial charge in [-0.2, -0.15) is 0 Å². The number of thiophene rings is 1. The molecule has 0 radical (unpaired) electrons. The van der Waals surface area contributed by atoms with E-state index in [1.54, 1.807) is 12.5 Å². The van der Waals surface area contributed by atoms with Crippen molar-refractivity contribution in [3.63, 3.8) is 0 Å². The molecular weight excluding hydrogens is 398 g/mol. The first-order valence-electron chi connectivity index (χ1n) is 8.51. The third kappa shape index (κ3) is 3.77. The molecular formula is C18H20ClN7OS. The molecule has 28 heavy (non-hydrogen) atoms. The molecule has 0 atom stereocenters. The van der Waals surface area contributed by atoms with E-state index >= 15 is 0 Å². The van der Waals surface area contributed by atoms with Crippen LogP contribution in [0.3, 0.4) is 0 Å². The average Bonchev–Trinajstić information content (AvgIpc) is 3.26. The van der Waals surface area contributed by atoms with E-state index in [2.05, 4.69) is 30.9 Å². The van der Waals surface area contributed by atoms with E-state index in [0.29, 0.717) is 29.3 Å². The number of aromatic nitrogens is 4. The van der Waals surface area contributed by atoms with Crippen molar-refractivity contribution in [1.82, 2.24) is 24.8 Å². The summed E-state index contributed by atoms with van der Waals surface area (Å²) in [5.74, 6) is 0.302. The molecule has 0 saturated heterocycles. The number of carbonyl (C=O) groups is 1. The van der Waals surface area contributed by atoms with Crippen LogP contribution in [-0.4, -0.2) is 45.6 Å². The summed E-state index contributed by atoms with van der Waals surface area (Å²) in [6.07, 6.45) is 3.47. The zero-order valence-corrected chi connectivity index (χ0v) is 17.0. The highest BCUT2D eigenvalue weighted by Crippen LogP contribution is 2.27. The van der Waals surface area contributed by atoms with Gasteiger partial charge in [-0.05, 0) is 19.2 Å². The first-order valence-corrected chi connectivity index (χ1v) is 9.39. The number of aryl methyl sites for hydroxylation is 1. The summed E-state index contributed by atoms with van der Waals surface area (Å²) in [5, 5.41) is 11.0. The van der Waals surface area contributed by atoms with Crippen LogP contribution in [0.25, 0.3) is 21.3 Å². The number of nitrogens with one attached hydrogen (secondary N) is 3. The molecule has 3 aromatic heterocycles. The lowest BCUT2D eigenvalue weighted by molar-refractivity contribution is 0.102. The Labute approximate surface area is 171 Å². The van der Waals surface area contributed by atoms with E-state index in [4.69, 9.17) is 0 Å². The summed E-state index contributed by atoms with van der Waals surface area (Å²) < 4.78 is 2.79. The van der Waals surface area contributed by atoms with E-state index in [9.17, 15) is 4.79 Å². The van der Waals surface area contributed by atoms with Crippen molar-refractivity contribution < 1.29 is 4.79 Å². The third-order valence-electron chi connectivity index (χ3n) is 4.22. The number of likely N-dealkylation sites (N-methyl/N-ethyl adjacent to an activating group) is 1. The number of rotatable bonds is 6. The van der Waals surface area contributed by atoms with Gasteiger partial charge >= 0.3 is 0 Å². The van der Waals surface area contributed by atoms with Crippen LogP contribution < -0.4 is 16.0 Å². The fourth-order valence-corrected chi connectivity index (χ4v) is 3.67. The van der Waals surface area contributed by atoms with Gasteiger partial charge in [-0.1, -0.05) is 6.07 Å². The smallest absolute Gasteiger partial charge is 0.258 e. The molecule has 0 aliphatic carbocycles. The summed E-state index contributed by atoms with van der Waals surface area (Å²) in [6, 6.07) is 5.72. The quantitative estimate of drug-likeness (QED) is 0.417. The Morgan fingerprint density at radius 3 is 2.89 bits per heavy atom. The lowest BCUT2D eigenvalue weighted by Gasteiger charge is -2.07. The van der Waals surface area contributed by atoms with Crippen LogP contribution in [0.15, 0.2) is 36.1 Å². The highest BCUT2D eigenvalue weighted by molar-refractivity contribution is 7.17. The predicted molar refractivity (Wildman–Crippen MR) is 116 cm³/mol. The molecule has 0 bridgehead atoms. The number of benzene rings is 1. The Hall–Kier alpha value is -2.75. The molecule has 1 amide bonds. The molecule has 0 unspecified atom stereocenters. The Bertz CT molecular complexity index is 1120. The molecule has 10 heteroatoms. The molecule has 4 rings (SSSR count). The Morgan fingerprint density at radius 1 is 1.21 bits per heavy atom. The number of anilines is 2. The molecule has 3 heterocycles. The molecule has 0 spiro atoms. The van der Waals surface area contributed by atoms with Gasteiger partial charge in [-0.15, -0.1) is 23.7 Å². The first kappa shape index (κ1) is 20.0. The van der Waals surface area contributed by atoms with Gasteiger partial charge in [0.05, 0.1) is 39.5 Å². The molecule has 0 fully saturated rings. The molecule has 0 aliphatic rings. The lowest BCUT2D eigenvalue weighted by Crippen LogP contribution is -2.18. The fraction of sp³-hybridized carbons (Fsp3) is 0.222. The summed E-state index contributed by atoms with van der Waals surface area (Å²) in [4.78, 5) is 26.1. The second kappa shape index (κ2) is 8.51. The second-order valence-electron chi connectivity index (χ2n) is 6.07. The van der Waals surface area contributed by atoms with E-state index in [0.717, 1.165) is 22.3 Å². The average molecular weight is 418 g/mol. The Morgan fingerprint density at radius 2 is 2.07 bits per heavy atom. The zero-order valence-electron chi connectivity index (χ0n) is 15.4. The van der Waals surface area contributed by atoms with Gasteiger partial charge in [0.1, 0.15) is 5.52 Å². The van der Waals surface area contributed by atoms with Gasteiger partial charge in [0.15, 0.2) is 0 Å². The maximum Gasteiger partial charge on any atom is 0.258 e. The van der Waals surface area contributed by atoms with Crippen LogP contribution in [0.4, 0.5) is 11.6 Å². The number of carbonyl (C=O) groups excluding carboxylic acids is 1. The summed E-state index contributed by atoms with van der Waals surface area (Å²) in [7, 11) is 3.81. The third-order valence-corrected chi connectivity index (χ3v) is 5.13. The number of imidazole rings is 1. The van der Waals surface area contributed by atoms with E-state index < -0.39 is 0 Å². The van der Waals surface area contributed by atoms with Crippen LogP contribution in [0, 0.1) is 0 Å². The van der Waals surface area contributed by atoms with Crippen molar-refractivity contribution in [3.05, 3.63) is 41.7 Å². The van der Waals surface area contributed by atoms with Gasteiger partial charge in [-0.25, -0.2) is 15.0 Å². The minimum atomic E-state index is -0.209. The van der Waals surface area contributed by atoms with Crippen molar-refractivity contribution in [1.29, 1.82) is 0 Å². The number of hydrogen-bond acceptors (Lipinski definition) is 7. The number of fused-ring (bicyclic) bond motifs is 2. The maximum atomic E-state index is 12.9. The first-order chi connectivity index (χ1) is 13.2. The van der Waals surface area contributed by atoms with Crippen LogP contribution >= 0.6 is 23.7 Å². The molecule has 3 N–H and O–H groups in total. The van der Waals surface area contributed by atoms with E-state index in [1.807, 2.05) is 42.2 Å². The summed E-state index contributed by atoms with van der Waals surface area (Å²) in [6.45, 7) is 1.50. The standard InChI is InChI=1S/C18H19N7OS.ClH/c1-19-6-7-20-18-21-8-14-15(24-18)11(9-27-14)17(26)23-12-4-3-5-13-16(12)22-10-25(13)2;/h3-5,8-10,19H,6-7H2,1-2H3,(H,23,26)(H,20,21,24);1H. The van der Waals surface area contributed by atoms with E-state index in [1.165, 1.54) is 11.3 Å². The van der Waals surface area contributed by atoms with Crippen molar-refractivity contribution in [3.8, 4) is 0 Å². The number of amides is 1. The van der Waals surface area contributed by atoms with Crippen LogP contribution in [-0.2, 0) is 7.05 Å². The molecule has 0 aliphatic heterocycles. The minimum Gasteiger partial charge on any atom is -0.353 e. The highest BCUT2D eigenvalue weighted by atomic mass is 35.5. The molecule has 0 saturated carbocycles. The molecule has 4 aromatic rings. The van der Waals surface area contributed by atoms with Gasteiger partial charge < -0.3 is 20.5 Å². The van der Waals surface area contributed by atoms with Crippen LogP contribution in [0.1, 0.15) is 10.4 Å². The zero-order chi connectivity index (χ0) is 18.8. The molecule has 146 valence electrons. The minimum absolute atomic E-state index is 0. The molecule has 1 aromatic carbocycles. The number of hydrogen-bond donors (Lipinski definition) is 3. The normalized spacial score (nSPS) is 10.8. The predicted octanol–water partition coefficient (Wildman–Crippen LogP) is 2.88. The van der Waals surface area contributed by atoms with Gasteiger partial charge in [0.2, 0.25) is 5.95 Å². The number of halogens is 1. The maximum absolute atomic E-state index is 12.9. The summed E-state index contributed by atoms with van der Waals surface area (Å²) in [5.41, 5.74) is 3.58. The Balaban J connectivity index is 0.00000225. The monoisotopic (exact) mass is 417 g/mol. The van der Waals surface area contributed by atoms with Gasteiger partial charge in [0.25, 0.3) is 5.91 Å². The van der Waals surface area contributed by atoms with Crippen molar-refractivity contribution >= 4 is 62.5 Å². The van der Waals surface area contributed by atoms with Crippen LogP contribution in [0.5, 0.6) is 0 Å².